The lowest BCUT2D eigenvalue weighted by Crippen LogP contribution is -2.24. The summed E-state index contributed by atoms with van der Waals surface area (Å²) in [7, 11) is 0. The van der Waals surface area contributed by atoms with Crippen LogP contribution in [0.25, 0.3) is 0 Å². The van der Waals surface area contributed by atoms with Gasteiger partial charge in [-0.2, -0.15) is 0 Å². The number of nitrogens with one attached hydrogen (secondary N) is 1. The van der Waals surface area contributed by atoms with E-state index in [2.05, 4.69) is 80.7 Å². The van der Waals surface area contributed by atoms with Crippen molar-refractivity contribution in [1.29, 1.82) is 0 Å². The molecular weight excluding hydrogens is 382 g/mol. The molecule has 1 spiro atoms. The highest BCUT2D eigenvalue weighted by molar-refractivity contribution is 7.99. The van der Waals surface area contributed by atoms with Crippen molar-refractivity contribution < 1.29 is 0 Å². The van der Waals surface area contributed by atoms with Crippen molar-refractivity contribution in [2.75, 3.05) is 17.6 Å². The molecule has 0 saturated heterocycles. The molecule has 1 N–H and O–H groups in total. The number of hydrogen-bond donors (Lipinski definition) is 1. The van der Waals surface area contributed by atoms with Gasteiger partial charge in [0.25, 0.3) is 0 Å². The second kappa shape index (κ2) is 7.81. The van der Waals surface area contributed by atoms with Gasteiger partial charge in [0.1, 0.15) is 0 Å². The largest absolute Gasteiger partial charge is 0.384 e. The van der Waals surface area contributed by atoms with Gasteiger partial charge in [0.05, 0.1) is 0 Å². The molecule has 2 heteroatoms. The van der Waals surface area contributed by atoms with Crippen LogP contribution in [0.3, 0.4) is 0 Å². The second-order valence-corrected chi connectivity index (χ2v) is 10.1. The van der Waals surface area contributed by atoms with Crippen LogP contribution < -0.4 is 5.32 Å². The first-order chi connectivity index (χ1) is 14.6. The average Bonchev–Trinajstić information content (AvgIpc) is 3.31. The molecule has 30 heavy (non-hydrogen) atoms. The molecule has 2 aliphatic carbocycles. The third kappa shape index (κ3) is 3.17. The van der Waals surface area contributed by atoms with Crippen LogP contribution in [0.5, 0.6) is 0 Å². The monoisotopic (exact) mass is 413 g/mol. The predicted molar refractivity (Wildman–Crippen MR) is 130 cm³/mol. The molecule has 0 radical (unpaired) electrons. The highest BCUT2D eigenvalue weighted by atomic mass is 32.2. The molecule has 0 unspecified atom stereocenters. The number of rotatable bonds is 5. The number of aryl methyl sites for hydroxylation is 5. The van der Waals surface area contributed by atoms with E-state index in [9.17, 15) is 0 Å². The molecule has 0 bridgehead atoms. The van der Waals surface area contributed by atoms with E-state index in [4.69, 9.17) is 0 Å². The normalized spacial score (nSPS) is 19.2. The lowest BCUT2D eigenvalue weighted by Gasteiger charge is -2.30. The summed E-state index contributed by atoms with van der Waals surface area (Å²) in [6.07, 6.45) is 4.94. The number of anilines is 1. The summed E-state index contributed by atoms with van der Waals surface area (Å²) in [6, 6.07) is 20.4. The van der Waals surface area contributed by atoms with Gasteiger partial charge in [-0.15, -0.1) is 11.8 Å². The molecule has 3 aromatic carbocycles. The highest BCUT2D eigenvalue weighted by Crippen LogP contribution is 2.55. The van der Waals surface area contributed by atoms with Gasteiger partial charge in [0.2, 0.25) is 0 Å². The molecule has 2 aliphatic rings. The maximum absolute atomic E-state index is 3.83. The first-order valence-corrected chi connectivity index (χ1v) is 12.2. The van der Waals surface area contributed by atoms with Crippen LogP contribution in [0.1, 0.15) is 51.8 Å². The van der Waals surface area contributed by atoms with Gasteiger partial charge in [0, 0.05) is 28.3 Å². The lowest BCUT2D eigenvalue weighted by atomic mass is 9.74. The Morgan fingerprint density at radius 3 is 2.10 bits per heavy atom. The molecule has 154 valence electrons. The van der Waals surface area contributed by atoms with Crippen molar-refractivity contribution in [1.82, 2.24) is 0 Å². The molecule has 0 aliphatic heterocycles. The summed E-state index contributed by atoms with van der Waals surface area (Å²) in [6.45, 7) is 7.74. The van der Waals surface area contributed by atoms with Gasteiger partial charge in [-0.1, -0.05) is 48.5 Å². The summed E-state index contributed by atoms with van der Waals surface area (Å²) < 4.78 is 0. The van der Waals surface area contributed by atoms with Crippen LogP contribution in [-0.4, -0.2) is 12.3 Å². The Labute approximate surface area is 185 Å². The van der Waals surface area contributed by atoms with E-state index in [0.717, 1.165) is 12.3 Å². The van der Waals surface area contributed by atoms with Gasteiger partial charge in [-0.05, 0) is 91.5 Å². The highest BCUT2D eigenvalue weighted by Gasteiger charge is 2.46. The van der Waals surface area contributed by atoms with Crippen LogP contribution in [0.4, 0.5) is 5.69 Å². The Kier molecular flexibility index (Phi) is 5.14. The van der Waals surface area contributed by atoms with Gasteiger partial charge >= 0.3 is 0 Å². The quantitative estimate of drug-likeness (QED) is 0.357. The van der Waals surface area contributed by atoms with E-state index in [1.807, 2.05) is 11.8 Å². The fourth-order valence-corrected chi connectivity index (χ4v) is 6.95. The van der Waals surface area contributed by atoms with E-state index in [-0.39, 0.29) is 5.41 Å². The fraction of sp³-hybridized carbons (Fsp3) is 0.357. The van der Waals surface area contributed by atoms with Crippen LogP contribution >= 0.6 is 11.8 Å². The molecule has 0 aromatic heterocycles. The van der Waals surface area contributed by atoms with E-state index < -0.39 is 0 Å². The Bertz CT molecular complexity index is 1080. The molecular formula is C28H31NS. The minimum atomic E-state index is 0.222. The second-order valence-electron chi connectivity index (χ2n) is 9.03. The third-order valence-corrected chi connectivity index (χ3v) is 8.52. The molecule has 0 amide bonds. The van der Waals surface area contributed by atoms with Crippen molar-refractivity contribution in [2.45, 2.75) is 56.8 Å². The van der Waals surface area contributed by atoms with Crippen LogP contribution in [0, 0.1) is 20.8 Å². The molecule has 1 atom stereocenters. The Morgan fingerprint density at radius 1 is 0.767 bits per heavy atom. The number of hydrogen-bond acceptors (Lipinski definition) is 2. The smallest absolute Gasteiger partial charge is 0.0384 e. The molecule has 0 fully saturated rings. The summed E-state index contributed by atoms with van der Waals surface area (Å²) >= 11 is 1.98. The number of benzene rings is 3. The molecule has 3 aromatic rings. The van der Waals surface area contributed by atoms with E-state index >= 15 is 0 Å². The third-order valence-electron chi connectivity index (χ3n) is 7.18. The molecule has 0 saturated carbocycles. The van der Waals surface area contributed by atoms with Crippen molar-refractivity contribution >= 4 is 17.4 Å². The molecule has 1 nitrogen and oxygen atoms in total. The number of thioether (sulfide) groups is 1. The van der Waals surface area contributed by atoms with E-state index in [1.54, 1.807) is 22.3 Å². The van der Waals surface area contributed by atoms with E-state index in [1.165, 1.54) is 53.0 Å². The van der Waals surface area contributed by atoms with Crippen molar-refractivity contribution in [2.24, 2.45) is 0 Å². The molecule has 5 rings (SSSR count). The van der Waals surface area contributed by atoms with Gasteiger partial charge < -0.3 is 5.32 Å². The van der Waals surface area contributed by atoms with Crippen LogP contribution in [0.2, 0.25) is 0 Å². The molecule has 0 heterocycles. The zero-order chi connectivity index (χ0) is 20.7. The topological polar surface area (TPSA) is 12.0 Å². The Balaban J connectivity index is 1.39. The van der Waals surface area contributed by atoms with Crippen molar-refractivity contribution in [3.8, 4) is 0 Å². The Hall–Kier alpha value is -2.19. The Morgan fingerprint density at radius 2 is 1.37 bits per heavy atom. The fourth-order valence-electron chi connectivity index (χ4n) is 5.95. The minimum absolute atomic E-state index is 0.222. The summed E-state index contributed by atoms with van der Waals surface area (Å²) in [5, 5.41) is 3.83. The van der Waals surface area contributed by atoms with Crippen molar-refractivity contribution in [3.63, 3.8) is 0 Å². The lowest BCUT2D eigenvalue weighted by molar-refractivity contribution is 0.506. The maximum atomic E-state index is 3.83. The minimum Gasteiger partial charge on any atom is -0.384 e. The van der Waals surface area contributed by atoms with Gasteiger partial charge in [-0.3, -0.25) is 0 Å². The van der Waals surface area contributed by atoms with Crippen LogP contribution in [-0.2, 0) is 18.3 Å². The van der Waals surface area contributed by atoms with E-state index in [0.29, 0.717) is 0 Å². The van der Waals surface area contributed by atoms with Crippen LogP contribution in [0.15, 0.2) is 59.5 Å². The maximum Gasteiger partial charge on any atom is 0.0384 e. The SMILES string of the molecule is Cc1cccc(C)c1SCCNc1cccc2c1[C@]1(CCc3cccc(C)c31)CC2. The zero-order valence-corrected chi connectivity index (χ0v) is 19.2. The van der Waals surface area contributed by atoms with Crippen molar-refractivity contribution in [3.05, 3.63) is 93.5 Å². The first-order valence-electron chi connectivity index (χ1n) is 11.2. The zero-order valence-electron chi connectivity index (χ0n) is 18.3. The standard InChI is InChI=1S/C28H31NS/c1-19-7-5-10-22-13-15-28(25(19)22)16-14-23-11-6-12-24(26(23)28)29-17-18-30-27-20(2)8-4-9-21(27)3/h4-12,29H,13-18H2,1-3H3/t28-/m1/s1. The van der Waals surface area contributed by atoms with Gasteiger partial charge in [0.15, 0.2) is 0 Å². The summed E-state index contributed by atoms with van der Waals surface area (Å²) in [4.78, 5) is 1.44. The summed E-state index contributed by atoms with van der Waals surface area (Å²) in [5.41, 5.74) is 12.2. The van der Waals surface area contributed by atoms with Gasteiger partial charge in [-0.25, -0.2) is 0 Å². The number of fused-ring (bicyclic) bond motifs is 4. The summed E-state index contributed by atoms with van der Waals surface area (Å²) in [5.74, 6) is 1.08. The average molecular weight is 414 g/mol. The predicted octanol–water partition coefficient (Wildman–Crippen LogP) is 6.99. The first kappa shape index (κ1) is 19.8.